The maximum Gasteiger partial charge on any atom is 0.234 e. The summed E-state index contributed by atoms with van der Waals surface area (Å²) in [5.41, 5.74) is 1.08. The molecule has 1 aliphatic carbocycles. The number of rotatable bonds is 7. The maximum absolute atomic E-state index is 11.8. The Hall–Kier alpha value is -1.26. The first kappa shape index (κ1) is 16.8. The van der Waals surface area contributed by atoms with Crippen molar-refractivity contribution in [1.29, 1.82) is 0 Å². The highest BCUT2D eigenvalue weighted by Crippen LogP contribution is 2.27. The van der Waals surface area contributed by atoms with E-state index in [4.69, 9.17) is 4.74 Å². The quantitative estimate of drug-likeness (QED) is 0.812. The van der Waals surface area contributed by atoms with E-state index in [2.05, 4.69) is 10.6 Å². The summed E-state index contributed by atoms with van der Waals surface area (Å²) in [6, 6.07) is 7.77. The van der Waals surface area contributed by atoms with Crippen LogP contribution in [0.4, 0.5) is 0 Å². The van der Waals surface area contributed by atoms with Crippen LogP contribution in [0.5, 0.6) is 5.75 Å². The molecular formula is C15H23ClN2O2. The topological polar surface area (TPSA) is 50.4 Å². The third-order valence-corrected chi connectivity index (χ3v) is 3.41. The number of benzene rings is 1. The van der Waals surface area contributed by atoms with Gasteiger partial charge in [0.1, 0.15) is 5.75 Å². The van der Waals surface area contributed by atoms with Crippen molar-refractivity contribution in [1.82, 2.24) is 10.6 Å². The highest BCUT2D eigenvalue weighted by atomic mass is 35.5. The van der Waals surface area contributed by atoms with Crippen molar-refractivity contribution in [2.24, 2.45) is 5.92 Å². The van der Waals surface area contributed by atoms with Gasteiger partial charge in [-0.1, -0.05) is 12.1 Å². The van der Waals surface area contributed by atoms with Crippen LogP contribution in [0.15, 0.2) is 24.3 Å². The number of methoxy groups -OCH3 is 1. The minimum Gasteiger partial charge on any atom is -0.497 e. The summed E-state index contributed by atoms with van der Waals surface area (Å²) < 4.78 is 5.11. The van der Waals surface area contributed by atoms with Gasteiger partial charge in [-0.3, -0.25) is 4.79 Å². The van der Waals surface area contributed by atoms with E-state index in [0.717, 1.165) is 23.8 Å². The second-order valence-electron chi connectivity index (χ2n) is 5.14. The van der Waals surface area contributed by atoms with Gasteiger partial charge in [-0.05, 0) is 49.9 Å². The molecule has 1 saturated carbocycles. The lowest BCUT2D eigenvalue weighted by Gasteiger charge is -2.15. The number of halogens is 1. The Bertz CT molecular complexity index is 418. The first-order chi connectivity index (χ1) is 9.19. The second kappa shape index (κ2) is 8.12. The molecule has 1 unspecified atom stereocenters. The van der Waals surface area contributed by atoms with Gasteiger partial charge >= 0.3 is 0 Å². The average molecular weight is 299 g/mol. The van der Waals surface area contributed by atoms with Gasteiger partial charge in [-0.15, -0.1) is 12.4 Å². The third kappa shape index (κ3) is 5.39. The van der Waals surface area contributed by atoms with Gasteiger partial charge < -0.3 is 15.4 Å². The lowest BCUT2D eigenvalue weighted by atomic mass is 10.1. The van der Waals surface area contributed by atoms with Crippen molar-refractivity contribution in [2.45, 2.75) is 25.8 Å². The Morgan fingerprint density at radius 1 is 1.35 bits per heavy atom. The number of carbonyl (C=O) groups is 1. The zero-order chi connectivity index (χ0) is 13.7. The standard InChI is InChI=1S/C15H22N2O2.ClH/c1-11(13-5-7-14(19-2)8-6-13)17-15(18)10-16-9-12-3-4-12;/h5-8,11-12,16H,3-4,9-10H2,1-2H3,(H,17,18);1H. The molecular weight excluding hydrogens is 276 g/mol. The SMILES string of the molecule is COc1ccc(C(C)NC(=O)CNCC2CC2)cc1.Cl. The van der Waals surface area contributed by atoms with Crippen molar-refractivity contribution in [3.05, 3.63) is 29.8 Å². The molecule has 2 rings (SSSR count). The molecule has 1 aliphatic rings. The summed E-state index contributed by atoms with van der Waals surface area (Å²) in [4.78, 5) is 11.8. The molecule has 112 valence electrons. The smallest absolute Gasteiger partial charge is 0.234 e. The molecule has 1 fully saturated rings. The number of hydrogen-bond acceptors (Lipinski definition) is 3. The van der Waals surface area contributed by atoms with Gasteiger partial charge in [0, 0.05) is 0 Å². The molecule has 0 radical (unpaired) electrons. The van der Waals surface area contributed by atoms with Crippen LogP contribution in [0.2, 0.25) is 0 Å². The lowest BCUT2D eigenvalue weighted by Crippen LogP contribution is -2.36. The van der Waals surface area contributed by atoms with Crippen LogP contribution < -0.4 is 15.4 Å². The zero-order valence-corrected chi connectivity index (χ0v) is 12.8. The summed E-state index contributed by atoms with van der Waals surface area (Å²) in [5.74, 6) is 1.67. The Labute approximate surface area is 126 Å². The lowest BCUT2D eigenvalue weighted by molar-refractivity contribution is -0.120. The number of ether oxygens (including phenoxy) is 1. The predicted molar refractivity (Wildman–Crippen MR) is 82.4 cm³/mol. The molecule has 0 bridgehead atoms. The highest BCUT2D eigenvalue weighted by Gasteiger charge is 2.20. The Morgan fingerprint density at radius 2 is 2.00 bits per heavy atom. The van der Waals surface area contributed by atoms with Crippen LogP contribution in [0.3, 0.4) is 0 Å². The fourth-order valence-corrected chi connectivity index (χ4v) is 1.98. The van der Waals surface area contributed by atoms with E-state index in [-0.39, 0.29) is 24.4 Å². The van der Waals surface area contributed by atoms with Gasteiger partial charge in [-0.25, -0.2) is 0 Å². The largest absolute Gasteiger partial charge is 0.497 e. The fourth-order valence-electron chi connectivity index (χ4n) is 1.98. The predicted octanol–water partition coefficient (Wildman–Crippen LogP) is 2.29. The highest BCUT2D eigenvalue weighted by molar-refractivity contribution is 5.85. The summed E-state index contributed by atoms with van der Waals surface area (Å²) in [7, 11) is 1.64. The number of carbonyl (C=O) groups excluding carboxylic acids is 1. The molecule has 0 spiro atoms. The number of nitrogens with one attached hydrogen (secondary N) is 2. The molecule has 2 N–H and O–H groups in total. The Morgan fingerprint density at radius 3 is 2.55 bits per heavy atom. The van der Waals surface area contributed by atoms with Crippen molar-refractivity contribution in [3.8, 4) is 5.75 Å². The Kier molecular flexibility index (Phi) is 6.82. The monoisotopic (exact) mass is 298 g/mol. The van der Waals surface area contributed by atoms with Crippen molar-refractivity contribution >= 4 is 18.3 Å². The molecule has 4 nitrogen and oxygen atoms in total. The third-order valence-electron chi connectivity index (χ3n) is 3.41. The van der Waals surface area contributed by atoms with E-state index < -0.39 is 0 Å². The summed E-state index contributed by atoms with van der Waals surface area (Å²) in [5, 5.41) is 6.18. The van der Waals surface area contributed by atoms with Crippen molar-refractivity contribution in [3.63, 3.8) is 0 Å². The molecule has 0 heterocycles. The van der Waals surface area contributed by atoms with Gasteiger partial charge in [0.25, 0.3) is 0 Å². The van der Waals surface area contributed by atoms with Crippen molar-refractivity contribution in [2.75, 3.05) is 20.2 Å². The first-order valence-electron chi connectivity index (χ1n) is 6.83. The molecule has 0 aromatic heterocycles. The molecule has 1 atom stereocenters. The van der Waals surface area contributed by atoms with Crippen LogP contribution in [0.25, 0.3) is 0 Å². The molecule has 5 heteroatoms. The van der Waals surface area contributed by atoms with Gasteiger partial charge in [-0.2, -0.15) is 0 Å². The van der Waals surface area contributed by atoms with E-state index in [1.54, 1.807) is 7.11 Å². The van der Waals surface area contributed by atoms with Gasteiger partial charge in [0.15, 0.2) is 0 Å². The molecule has 20 heavy (non-hydrogen) atoms. The summed E-state index contributed by atoms with van der Waals surface area (Å²) in [6.45, 7) is 3.35. The zero-order valence-electron chi connectivity index (χ0n) is 12.0. The molecule has 1 amide bonds. The summed E-state index contributed by atoms with van der Waals surface area (Å²) >= 11 is 0. The first-order valence-corrected chi connectivity index (χ1v) is 6.83. The fraction of sp³-hybridized carbons (Fsp3) is 0.533. The molecule has 0 saturated heterocycles. The number of amides is 1. The van der Waals surface area contributed by atoms with Crippen LogP contribution >= 0.6 is 12.4 Å². The van der Waals surface area contributed by atoms with Gasteiger partial charge in [0.2, 0.25) is 5.91 Å². The van der Waals surface area contributed by atoms with Gasteiger partial charge in [0.05, 0.1) is 19.7 Å². The number of hydrogen-bond donors (Lipinski definition) is 2. The van der Waals surface area contributed by atoms with E-state index >= 15 is 0 Å². The van der Waals surface area contributed by atoms with Crippen LogP contribution in [0.1, 0.15) is 31.4 Å². The van der Waals surface area contributed by atoms with Crippen LogP contribution in [-0.4, -0.2) is 26.1 Å². The van der Waals surface area contributed by atoms with E-state index in [1.165, 1.54) is 12.8 Å². The Balaban J connectivity index is 0.00000200. The molecule has 1 aromatic rings. The molecule has 1 aromatic carbocycles. The normalized spacial score (nSPS) is 15.1. The minimum absolute atomic E-state index is 0. The minimum atomic E-state index is 0. The molecule has 0 aliphatic heterocycles. The summed E-state index contributed by atoms with van der Waals surface area (Å²) in [6.07, 6.45) is 2.60. The van der Waals surface area contributed by atoms with E-state index in [0.29, 0.717) is 6.54 Å². The average Bonchev–Trinajstić information content (AvgIpc) is 3.23. The maximum atomic E-state index is 11.8. The second-order valence-corrected chi connectivity index (χ2v) is 5.14. The van der Waals surface area contributed by atoms with E-state index in [9.17, 15) is 4.79 Å². The van der Waals surface area contributed by atoms with Crippen LogP contribution in [0, 0.1) is 5.92 Å². The van der Waals surface area contributed by atoms with E-state index in [1.807, 2.05) is 31.2 Å². The van der Waals surface area contributed by atoms with Crippen molar-refractivity contribution < 1.29 is 9.53 Å². The van der Waals surface area contributed by atoms with Crippen LogP contribution in [-0.2, 0) is 4.79 Å².